The number of ether oxygens (including phenoxy) is 1. The molecule has 11 heteroatoms. The number of carbonyl (C=O) groups excluding carboxylic acids is 3. The van der Waals surface area contributed by atoms with Crippen molar-refractivity contribution in [3.8, 4) is 11.1 Å². The molecule has 3 aromatic carbocycles. The zero-order valence-corrected chi connectivity index (χ0v) is 25.6. The Morgan fingerprint density at radius 2 is 1.51 bits per heavy atom. The molecule has 0 fully saturated rings. The Morgan fingerprint density at radius 3 is 2.05 bits per heavy atom. The maximum atomic E-state index is 13.1. The molecule has 4 aromatic rings. The average molecular weight is 605 g/mol. The molecule has 4 rings (SSSR count). The van der Waals surface area contributed by atoms with E-state index < -0.39 is 29.2 Å². The van der Waals surface area contributed by atoms with E-state index in [1.165, 1.54) is 7.11 Å². The molecular weight excluding hydrogens is 570 g/mol. The lowest BCUT2D eigenvalue weighted by Crippen LogP contribution is -2.46. The summed E-state index contributed by atoms with van der Waals surface area (Å²) < 4.78 is 35.8. The summed E-state index contributed by atoms with van der Waals surface area (Å²) in [4.78, 5) is 37.7. The molecular formula is C32H34N3O7S-. The minimum atomic E-state index is -2.70. The first-order valence-electron chi connectivity index (χ1n) is 13.7. The summed E-state index contributed by atoms with van der Waals surface area (Å²) >= 11 is -2.70. The molecule has 2 unspecified atom stereocenters. The number of nitrogens with zero attached hydrogens (tertiary/aromatic N) is 1. The number of anilines is 3. The first kappa shape index (κ1) is 31.5. The second-order valence-electron chi connectivity index (χ2n) is 10.7. The van der Waals surface area contributed by atoms with Crippen molar-refractivity contribution in [1.29, 1.82) is 0 Å². The minimum absolute atomic E-state index is 0.132. The fourth-order valence-corrected chi connectivity index (χ4v) is 5.54. The number of furan rings is 1. The van der Waals surface area contributed by atoms with Gasteiger partial charge in [-0.1, -0.05) is 58.0 Å². The van der Waals surface area contributed by atoms with Gasteiger partial charge in [-0.3, -0.25) is 18.1 Å². The number of amides is 2. The number of rotatable bonds is 10. The summed E-state index contributed by atoms with van der Waals surface area (Å²) in [5.74, 6) is -1.57. The number of benzene rings is 3. The van der Waals surface area contributed by atoms with E-state index in [2.05, 4.69) is 10.6 Å². The number of esters is 1. The highest BCUT2D eigenvalue weighted by atomic mass is 32.2. The standard InChI is InChI=1S/C32H35N3O7S/c1-18(2)28(32(38)41-6)35(43(39)40)24-16-12-22(13-17-24)21-10-14-23(15-11-21)33-31(37)29-20(5)27-25(34-30(36)19(3)4)8-7-9-26(27)42-29/h7-19,28H,1-6H3,(H,33,37)(H,34,36)(H,39,40)/p-1. The van der Waals surface area contributed by atoms with E-state index in [4.69, 9.17) is 9.15 Å². The Morgan fingerprint density at radius 1 is 0.907 bits per heavy atom. The molecule has 0 aliphatic rings. The molecule has 2 amide bonds. The highest BCUT2D eigenvalue weighted by Gasteiger charge is 2.31. The summed E-state index contributed by atoms with van der Waals surface area (Å²) in [6.45, 7) is 8.87. The van der Waals surface area contributed by atoms with E-state index in [1.54, 1.807) is 89.2 Å². The van der Waals surface area contributed by atoms with Gasteiger partial charge in [-0.2, -0.15) is 0 Å². The van der Waals surface area contributed by atoms with Crippen LogP contribution in [0.15, 0.2) is 71.1 Å². The van der Waals surface area contributed by atoms with Gasteiger partial charge in [0.15, 0.2) is 5.76 Å². The molecule has 1 aromatic heterocycles. The Kier molecular flexibility index (Phi) is 9.67. The summed E-state index contributed by atoms with van der Waals surface area (Å²) in [5, 5.41) is 6.42. The quantitative estimate of drug-likeness (QED) is 0.166. The lowest BCUT2D eigenvalue weighted by molar-refractivity contribution is -0.143. The predicted octanol–water partition coefficient (Wildman–Crippen LogP) is 6.05. The van der Waals surface area contributed by atoms with Gasteiger partial charge < -0.3 is 24.3 Å². The van der Waals surface area contributed by atoms with Crippen molar-refractivity contribution in [2.75, 3.05) is 22.0 Å². The third-order valence-electron chi connectivity index (χ3n) is 7.03. The molecule has 0 spiro atoms. The van der Waals surface area contributed by atoms with Gasteiger partial charge >= 0.3 is 5.97 Å². The number of carbonyl (C=O) groups is 3. The smallest absolute Gasteiger partial charge is 0.329 e. The Labute approximate surface area is 252 Å². The third kappa shape index (κ3) is 6.79. The van der Waals surface area contributed by atoms with Crippen LogP contribution in [0.2, 0.25) is 0 Å². The highest BCUT2D eigenvalue weighted by Crippen LogP contribution is 2.33. The minimum Gasteiger partial charge on any atom is -0.755 e. The number of fused-ring (bicyclic) bond motifs is 1. The first-order valence-corrected chi connectivity index (χ1v) is 14.8. The van der Waals surface area contributed by atoms with Gasteiger partial charge in [-0.25, -0.2) is 4.79 Å². The number of methoxy groups -OCH3 is 1. The summed E-state index contributed by atoms with van der Waals surface area (Å²) in [5.41, 5.74) is 4.21. The number of nitrogens with one attached hydrogen (secondary N) is 2. The fourth-order valence-electron chi connectivity index (χ4n) is 4.73. The van der Waals surface area contributed by atoms with Crippen molar-refractivity contribution in [2.24, 2.45) is 11.8 Å². The van der Waals surface area contributed by atoms with E-state index in [0.717, 1.165) is 15.4 Å². The summed E-state index contributed by atoms with van der Waals surface area (Å²) in [7, 11) is 1.22. The molecule has 226 valence electrons. The van der Waals surface area contributed by atoms with Gasteiger partial charge in [-0.15, -0.1) is 0 Å². The lowest BCUT2D eigenvalue weighted by Gasteiger charge is -2.35. The van der Waals surface area contributed by atoms with Gasteiger partial charge in [0.1, 0.15) is 11.6 Å². The number of hydrogen-bond acceptors (Lipinski definition) is 7. The van der Waals surface area contributed by atoms with Gasteiger partial charge in [-0.05, 0) is 60.4 Å². The maximum Gasteiger partial charge on any atom is 0.329 e. The molecule has 0 aliphatic carbocycles. The zero-order valence-electron chi connectivity index (χ0n) is 24.8. The topological polar surface area (TPSA) is 141 Å². The van der Waals surface area contributed by atoms with E-state index >= 15 is 0 Å². The maximum absolute atomic E-state index is 13.1. The Hall–Kier alpha value is -4.48. The second-order valence-corrected chi connectivity index (χ2v) is 11.5. The number of aryl methyl sites for hydroxylation is 1. The molecule has 0 aliphatic heterocycles. The molecule has 0 saturated carbocycles. The number of hydrogen-bond donors (Lipinski definition) is 2. The normalized spacial score (nSPS) is 12.7. The van der Waals surface area contributed by atoms with Crippen LogP contribution in [0.25, 0.3) is 22.1 Å². The highest BCUT2D eigenvalue weighted by molar-refractivity contribution is 7.80. The van der Waals surface area contributed by atoms with Gasteiger partial charge in [0, 0.05) is 39.5 Å². The van der Waals surface area contributed by atoms with Crippen molar-refractivity contribution in [3.05, 3.63) is 78.1 Å². The van der Waals surface area contributed by atoms with Crippen molar-refractivity contribution in [2.45, 2.75) is 40.7 Å². The molecule has 2 N–H and O–H groups in total. The zero-order chi connectivity index (χ0) is 31.4. The van der Waals surface area contributed by atoms with E-state index in [9.17, 15) is 23.1 Å². The molecule has 43 heavy (non-hydrogen) atoms. The van der Waals surface area contributed by atoms with Crippen LogP contribution < -0.4 is 14.9 Å². The monoisotopic (exact) mass is 604 g/mol. The Bertz CT molecular complexity index is 1660. The molecule has 0 bridgehead atoms. The van der Waals surface area contributed by atoms with Crippen molar-refractivity contribution in [3.63, 3.8) is 0 Å². The largest absolute Gasteiger partial charge is 0.755 e. The van der Waals surface area contributed by atoms with E-state index in [-0.39, 0.29) is 23.5 Å². The Balaban J connectivity index is 1.52. The third-order valence-corrected chi connectivity index (χ3v) is 7.79. The van der Waals surface area contributed by atoms with Crippen LogP contribution in [0.1, 0.15) is 43.8 Å². The van der Waals surface area contributed by atoms with Gasteiger partial charge in [0.05, 0.1) is 12.8 Å². The van der Waals surface area contributed by atoms with Gasteiger partial charge in [0.25, 0.3) is 5.91 Å². The van der Waals surface area contributed by atoms with Crippen LogP contribution in [0, 0.1) is 18.8 Å². The van der Waals surface area contributed by atoms with Crippen molar-refractivity contribution in [1.82, 2.24) is 0 Å². The lowest BCUT2D eigenvalue weighted by atomic mass is 10.0. The van der Waals surface area contributed by atoms with Crippen LogP contribution in [0.3, 0.4) is 0 Å². The fraction of sp³-hybridized carbons (Fsp3) is 0.281. The van der Waals surface area contributed by atoms with Crippen LogP contribution in [0.5, 0.6) is 0 Å². The molecule has 10 nitrogen and oxygen atoms in total. The summed E-state index contributed by atoms with van der Waals surface area (Å²) in [6.07, 6.45) is 0. The molecule has 0 saturated heterocycles. The van der Waals surface area contributed by atoms with E-state index in [0.29, 0.717) is 33.6 Å². The molecule has 1 heterocycles. The molecule has 2 atom stereocenters. The average Bonchev–Trinajstić information content (AvgIpc) is 3.32. The van der Waals surface area contributed by atoms with Crippen LogP contribution in [-0.4, -0.2) is 39.7 Å². The predicted molar refractivity (Wildman–Crippen MR) is 166 cm³/mol. The van der Waals surface area contributed by atoms with Crippen LogP contribution in [0.4, 0.5) is 17.1 Å². The molecule has 0 radical (unpaired) electrons. The first-order chi connectivity index (χ1) is 20.4. The summed E-state index contributed by atoms with van der Waals surface area (Å²) in [6, 6.07) is 18.2. The van der Waals surface area contributed by atoms with Crippen LogP contribution >= 0.6 is 0 Å². The van der Waals surface area contributed by atoms with Gasteiger partial charge in [0.2, 0.25) is 5.91 Å². The van der Waals surface area contributed by atoms with Crippen LogP contribution in [-0.2, 0) is 25.6 Å². The van der Waals surface area contributed by atoms with Crippen molar-refractivity contribution >= 4 is 57.1 Å². The second kappa shape index (κ2) is 13.2. The van der Waals surface area contributed by atoms with E-state index in [1.807, 2.05) is 12.1 Å². The SMILES string of the molecule is COC(=O)C(C(C)C)N(c1ccc(-c2ccc(NC(=O)c3oc4cccc(NC(=O)C(C)C)c4c3C)cc2)cc1)S(=O)[O-]. The van der Waals surface area contributed by atoms with Crippen molar-refractivity contribution < 1.29 is 32.3 Å².